The minimum absolute atomic E-state index is 0.190. The third-order valence-electron chi connectivity index (χ3n) is 3.23. The first kappa shape index (κ1) is 10.2. The maximum Gasteiger partial charge on any atom is 0.108 e. The van der Waals surface area contributed by atoms with Crippen molar-refractivity contribution in [3.05, 3.63) is 18.2 Å². The van der Waals surface area contributed by atoms with E-state index >= 15 is 0 Å². The Bertz CT molecular complexity index is 361. The van der Waals surface area contributed by atoms with Crippen LogP contribution in [-0.2, 0) is 6.42 Å². The molecule has 2 unspecified atom stereocenters. The highest BCUT2D eigenvalue weighted by molar-refractivity contribution is 5.03. The smallest absolute Gasteiger partial charge is 0.108 e. The molecule has 1 saturated carbocycles. The predicted octanol–water partition coefficient (Wildman–Crippen LogP) is 2.70. The minimum atomic E-state index is 0.190. The van der Waals surface area contributed by atoms with Gasteiger partial charge >= 0.3 is 0 Å². The second-order valence-electron chi connectivity index (χ2n) is 4.23. The van der Waals surface area contributed by atoms with Crippen LogP contribution >= 0.6 is 0 Å². The minimum Gasteiger partial charge on any atom is -0.331 e. The van der Waals surface area contributed by atoms with E-state index in [4.69, 9.17) is 5.26 Å². The molecule has 2 atom stereocenters. The first-order valence-corrected chi connectivity index (χ1v) is 5.78. The van der Waals surface area contributed by atoms with Crippen molar-refractivity contribution in [2.75, 3.05) is 0 Å². The van der Waals surface area contributed by atoms with Gasteiger partial charge in [-0.1, -0.05) is 6.92 Å². The molecule has 3 heteroatoms. The van der Waals surface area contributed by atoms with Crippen molar-refractivity contribution in [1.82, 2.24) is 9.55 Å². The molecular weight excluding hydrogens is 186 g/mol. The lowest BCUT2D eigenvalue weighted by atomic mass is 10.1. The van der Waals surface area contributed by atoms with E-state index in [1.54, 1.807) is 0 Å². The average molecular weight is 203 g/mol. The van der Waals surface area contributed by atoms with Crippen LogP contribution in [0.15, 0.2) is 12.4 Å². The molecule has 0 N–H and O–H groups in total. The SMILES string of the molecule is CCCc1nccn1C1CCCC1C#N. The van der Waals surface area contributed by atoms with Crippen LogP contribution in [0.1, 0.15) is 44.5 Å². The number of rotatable bonds is 3. The lowest BCUT2D eigenvalue weighted by Crippen LogP contribution is -2.14. The molecular formula is C12H17N3. The zero-order chi connectivity index (χ0) is 10.7. The molecule has 0 spiro atoms. The van der Waals surface area contributed by atoms with E-state index in [9.17, 15) is 0 Å². The molecule has 0 bridgehead atoms. The maximum absolute atomic E-state index is 9.07. The molecule has 0 radical (unpaired) electrons. The lowest BCUT2D eigenvalue weighted by Gasteiger charge is -2.17. The van der Waals surface area contributed by atoms with Gasteiger partial charge in [-0.05, 0) is 25.7 Å². The summed E-state index contributed by atoms with van der Waals surface area (Å²) < 4.78 is 2.23. The Morgan fingerprint density at radius 2 is 2.47 bits per heavy atom. The standard InChI is InChI=1S/C12H17N3/c1-2-4-12-14-7-8-15(12)11-6-3-5-10(11)9-13/h7-8,10-11H,2-6H2,1H3. The van der Waals surface area contributed by atoms with Crippen molar-refractivity contribution in [2.45, 2.75) is 45.1 Å². The lowest BCUT2D eigenvalue weighted by molar-refractivity contribution is 0.433. The van der Waals surface area contributed by atoms with Crippen molar-refractivity contribution >= 4 is 0 Å². The fraction of sp³-hybridized carbons (Fsp3) is 0.667. The number of aromatic nitrogens is 2. The summed E-state index contributed by atoms with van der Waals surface area (Å²) in [5.41, 5.74) is 0. The monoisotopic (exact) mass is 203 g/mol. The summed E-state index contributed by atoms with van der Waals surface area (Å²) in [6.45, 7) is 2.16. The normalized spacial score (nSPS) is 25.3. The number of imidazole rings is 1. The van der Waals surface area contributed by atoms with Crippen LogP contribution in [0.4, 0.5) is 0 Å². The van der Waals surface area contributed by atoms with Gasteiger partial charge in [-0.25, -0.2) is 4.98 Å². The number of aryl methyl sites for hydroxylation is 1. The second kappa shape index (κ2) is 4.48. The van der Waals surface area contributed by atoms with Crippen molar-refractivity contribution < 1.29 is 0 Å². The fourth-order valence-electron chi connectivity index (χ4n) is 2.49. The molecule has 0 amide bonds. The molecule has 2 rings (SSSR count). The largest absolute Gasteiger partial charge is 0.331 e. The summed E-state index contributed by atoms with van der Waals surface area (Å²) in [4.78, 5) is 4.37. The van der Waals surface area contributed by atoms with Gasteiger partial charge in [-0.15, -0.1) is 0 Å². The van der Waals surface area contributed by atoms with Gasteiger partial charge in [-0.3, -0.25) is 0 Å². The summed E-state index contributed by atoms with van der Waals surface area (Å²) in [6.07, 6.45) is 9.37. The molecule has 0 saturated heterocycles. The zero-order valence-corrected chi connectivity index (χ0v) is 9.19. The van der Waals surface area contributed by atoms with E-state index < -0.39 is 0 Å². The Morgan fingerprint density at radius 1 is 1.60 bits per heavy atom. The Labute approximate surface area is 90.7 Å². The number of hydrogen-bond acceptors (Lipinski definition) is 2. The van der Waals surface area contributed by atoms with Crippen LogP contribution in [0.3, 0.4) is 0 Å². The summed E-state index contributed by atoms with van der Waals surface area (Å²) in [6, 6.07) is 2.80. The maximum atomic E-state index is 9.07. The van der Waals surface area contributed by atoms with Crippen LogP contribution < -0.4 is 0 Å². The molecule has 1 aliphatic rings. The quantitative estimate of drug-likeness (QED) is 0.758. The molecule has 1 fully saturated rings. The van der Waals surface area contributed by atoms with E-state index in [1.807, 2.05) is 12.4 Å². The van der Waals surface area contributed by atoms with Crippen LogP contribution in [0.25, 0.3) is 0 Å². The van der Waals surface area contributed by atoms with Gasteiger partial charge < -0.3 is 4.57 Å². The molecule has 3 nitrogen and oxygen atoms in total. The Hall–Kier alpha value is -1.30. The fourth-order valence-corrected chi connectivity index (χ4v) is 2.49. The van der Waals surface area contributed by atoms with Crippen molar-refractivity contribution in [3.8, 4) is 6.07 Å². The molecule has 0 aromatic carbocycles. The molecule has 1 heterocycles. The molecule has 80 valence electrons. The first-order chi connectivity index (χ1) is 7.36. The van der Waals surface area contributed by atoms with E-state index in [1.165, 1.54) is 6.42 Å². The van der Waals surface area contributed by atoms with Gasteiger partial charge in [0.25, 0.3) is 0 Å². The van der Waals surface area contributed by atoms with E-state index in [0.29, 0.717) is 6.04 Å². The Morgan fingerprint density at radius 3 is 3.20 bits per heavy atom. The van der Waals surface area contributed by atoms with Crippen LogP contribution in [-0.4, -0.2) is 9.55 Å². The summed E-state index contributed by atoms with van der Waals surface area (Å²) in [5.74, 6) is 1.33. The third kappa shape index (κ3) is 1.90. The van der Waals surface area contributed by atoms with Gasteiger partial charge in [0.1, 0.15) is 5.82 Å². The predicted molar refractivity (Wildman–Crippen MR) is 58.2 cm³/mol. The topological polar surface area (TPSA) is 41.6 Å². The molecule has 0 aliphatic heterocycles. The molecule has 1 aliphatic carbocycles. The number of hydrogen-bond donors (Lipinski definition) is 0. The summed E-state index contributed by atoms with van der Waals surface area (Å²) in [5, 5.41) is 9.07. The van der Waals surface area contributed by atoms with E-state index in [2.05, 4.69) is 22.5 Å². The highest BCUT2D eigenvalue weighted by Gasteiger charge is 2.29. The zero-order valence-electron chi connectivity index (χ0n) is 9.19. The number of nitriles is 1. The first-order valence-electron chi connectivity index (χ1n) is 5.78. The van der Waals surface area contributed by atoms with Crippen LogP contribution in [0, 0.1) is 17.2 Å². The van der Waals surface area contributed by atoms with Crippen molar-refractivity contribution in [1.29, 1.82) is 5.26 Å². The van der Waals surface area contributed by atoms with E-state index in [0.717, 1.165) is 31.5 Å². The van der Waals surface area contributed by atoms with Gasteiger partial charge in [0.15, 0.2) is 0 Å². The van der Waals surface area contributed by atoms with Gasteiger partial charge in [0, 0.05) is 18.8 Å². The second-order valence-corrected chi connectivity index (χ2v) is 4.23. The highest BCUT2D eigenvalue weighted by Crippen LogP contribution is 2.35. The van der Waals surface area contributed by atoms with Gasteiger partial charge in [0.05, 0.1) is 18.0 Å². The van der Waals surface area contributed by atoms with Gasteiger partial charge in [-0.2, -0.15) is 5.26 Å². The van der Waals surface area contributed by atoms with Crippen molar-refractivity contribution in [3.63, 3.8) is 0 Å². The average Bonchev–Trinajstić information content (AvgIpc) is 2.84. The molecule has 1 aromatic heterocycles. The number of nitrogens with zero attached hydrogens (tertiary/aromatic N) is 3. The van der Waals surface area contributed by atoms with E-state index in [-0.39, 0.29) is 5.92 Å². The van der Waals surface area contributed by atoms with Crippen molar-refractivity contribution in [2.24, 2.45) is 5.92 Å². The highest BCUT2D eigenvalue weighted by atomic mass is 15.1. The Kier molecular flexibility index (Phi) is 3.05. The summed E-state index contributed by atoms with van der Waals surface area (Å²) >= 11 is 0. The van der Waals surface area contributed by atoms with Gasteiger partial charge in [0.2, 0.25) is 0 Å². The third-order valence-corrected chi connectivity index (χ3v) is 3.23. The molecule has 1 aromatic rings. The van der Waals surface area contributed by atoms with Crippen LogP contribution in [0.5, 0.6) is 0 Å². The van der Waals surface area contributed by atoms with Crippen LogP contribution in [0.2, 0.25) is 0 Å². The molecule has 15 heavy (non-hydrogen) atoms. The Balaban J connectivity index is 2.21. The summed E-state index contributed by atoms with van der Waals surface area (Å²) in [7, 11) is 0.